The van der Waals surface area contributed by atoms with E-state index < -0.39 is 0 Å². The van der Waals surface area contributed by atoms with Crippen molar-refractivity contribution in [3.63, 3.8) is 0 Å². The molecule has 1 amide bonds. The van der Waals surface area contributed by atoms with Crippen LogP contribution in [0.2, 0.25) is 10.0 Å². The molecule has 0 fully saturated rings. The predicted molar refractivity (Wildman–Crippen MR) is 103 cm³/mol. The predicted octanol–water partition coefficient (Wildman–Crippen LogP) is 4.56. The number of carbonyl (C=O) groups is 1. The lowest BCUT2D eigenvalue weighted by molar-refractivity contribution is -0.113. The van der Waals surface area contributed by atoms with Crippen molar-refractivity contribution in [2.24, 2.45) is 0 Å². The Bertz CT molecular complexity index is 874. The molecule has 0 aliphatic heterocycles. The van der Waals surface area contributed by atoms with Gasteiger partial charge in [-0.3, -0.25) is 4.79 Å². The first-order chi connectivity index (χ1) is 12.1. The monoisotopic (exact) mass is 410 g/mol. The second-order valence-electron chi connectivity index (χ2n) is 4.89. The Morgan fingerprint density at radius 3 is 2.76 bits per heavy atom. The van der Waals surface area contributed by atoms with Crippen LogP contribution in [0.15, 0.2) is 48.0 Å². The van der Waals surface area contributed by atoms with Gasteiger partial charge < -0.3 is 5.32 Å². The Hall–Kier alpha value is -1.67. The summed E-state index contributed by atoms with van der Waals surface area (Å²) in [5.41, 5.74) is 0.924. The summed E-state index contributed by atoms with van der Waals surface area (Å²) >= 11 is 14.9. The highest BCUT2D eigenvalue weighted by Crippen LogP contribution is 2.29. The second kappa shape index (κ2) is 8.62. The maximum Gasteiger partial charge on any atom is 0.236 e. The van der Waals surface area contributed by atoms with Crippen LogP contribution in [0.4, 0.5) is 5.13 Å². The molecular weight excluding hydrogens is 399 g/mol. The van der Waals surface area contributed by atoms with Crippen LogP contribution in [0.1, 0.15) is 10.4 Å². The molecule has 0 unspecified atom stereocenters. The van der Waals surface area contributed by atoms with Crippen LogP contribution >= 0.6 is 46.3 Å². The summed E-state index contributed by atoms with van der Waals surface area (Å²) in [5, 5.41) is 4.96. The number of aromatic nitrogens is 3. The van der Waals surface area contributed by atoms with E-state index in [0.717, 1.165) is 10.4 Å². The van der Waals surface area contributed by atoms with Crippen molar-refractivity contribution in [3.05, 3.63) is 63.3 Å². The minimum Gasteiger partial charge on any atom is -0.301 e. The van der Waals surface area contributed by atoms with E-state index in [4.69, 9.17) is 23.2 Å². The van der Waals surface area contributed by atoms with Crippen molar-refractivity contribution in [1.29, 1.82) is 0 Å². The lowest BCUT2D eigenvalue weighted by Crippen LogP contribution is -2.13. The van der Waals surface area contributed by atoms with E-state index >= 15 is 0 Å². The van der Waals surface area contributed by atoms with E-state index in [1.807, 2.05) is 12.1 Å². The number of amides is 1. The number of nitrogens with zero attached hydrogens (tertiary/aromatic N) is 3. The molecule has 5 nitrogen and oxygen atoms in total. The maximum absolute atomic E-state index is 12.0. The molecule has 0 aliphatic carbocycles. The SMILES string of the molecule is O=C(CSc1ncccn1)Nc1ncc(Cc2cccc(Cl)c2Cl)s1. The van der Waals surface area contributed by atoms with Gasteiger partial charge >= 0.3 is 0 Å². The number of rotatable bonds is 6. The summed E-state index contributed by atoms with van der Waals surface area (Å²) in [4.78, 5) is 25.3. The highest BCUT2D eigenvalue weighted by Gasteiger charge is 2.11. The van der Waals surface area contributed by atoms with E-state index in [9.17, 15) is 4.79 Å². The summed E-state index contributed by atoms with van der Waals surface area (Å²) in [6.07, 6.45) is 5.62. The molecule has 2 aromatic heterocycles. The number of halogens is 2. The maximum atomic E-state index is 12.0. The van der Waals surface area contributed by atoms with Gasteiger partial charge in [-0.05, 0) is 17.7 Å². The Morgan fingerprint density at radius 2 is 1.96 bits per heavy atom. The molecule has 128 valence electrons. The van der Waals surface area contributed by atoms with Crippen molar-refractivity contribution < 1.29 is 4.79 Å². The van der Waals surface area contributed by atoms with Crippen LogP contribution in [0, 0.1) is 0 Å². The smallest absolute Gasteiger partial charge is 0.236 e. The van der Waals surface area contributed by atoms with Gasteiger partial charge in [-0.2, -0.15) is 0 Å². The molecule has 0 saturated carbocycles. The van der Waals surface area contributed by atoms with Crippen LogP contribution in [0.25, 0.3) is 0 Å². The molecule has 0 aliphatic rings. The minimum absolute atomic E-state index is 0.154. The zero-order valence-corrected chi connectivity index (χ0v) is 15.9. The number of hydrogen-bond acceptors (Lipinski definition) is 6. The number of carbonyl (C=O) groups excluding carboxylic acids is 1. The Morgan fingerprint density at radius 1 is 1.16 bits per heavy atom. The summed E-state index contributed by atoms with van der Waals surface area (Å²) in [5.74, 6) is 0.0677. The quantitative estimate of drug-likeness (QED) is 0.476. The summed E-state index contributed by atoms with van der Waals surface area (Å²) in [6, 6.07) is 7.26. The average Bonchev–Trinajstić information content (AvgIpc) is 3.05. The van der Waals surface area contributed by atoms with Gasteiger partial charge in [0, 0.05) is 29.9 Å². The van der Waals surface area contributed by atoms with E-state index in [2.05, 4.69) is 20.3 Å². The number of benzene rings is 1. The standard InChI is InChI=1S/C16H12Cl2N4OS2/c17-12-4-1-3-10(14(12)18)7-11-8-21-16(25-11)22-13(23)9-24-15-19-5-2-6-20-15/h1-6,8H,7,9H2,(H,21,22,23). The topological polar surface area (TPSA) is 67.8 Å². The molecule has 0 radical (unpaired) electrons. The van der Waals surface area contributed by atoms with Gasteiger partial charge in [0.15, 0.2) is 10.3 Å². The zero-order valence-electron chi connectivity index (χ0n) is 12.8. The van der Waals surface area contributed by atoms with Gasteiger partial charge in [-0.25, -0.2) is 15.0 Å². The largest absolute Gasteiger partial charge is 0.301 e. The van der Waals surface area contributed by atoms with Crippen molar-refractivity contribution in [1.82, 2.24) is 15.0 Å². The first-order valence-corrected chi connectivity index (χ1v) is 9.75. The third-order valence-electron chi connectivity index (χ3n) is 3.07. The van der Waals surface area contributed by atoms with Gasteiger partial charge in [-0.1, -0.05) is 47.1 Å². The minimum atomic E-state index is -0.154. The number of anilines is 1. The highest BCUT2D eigenvalue weighted by molar-refractivity contribution is 7.99. The Balaban J connectivity index is 1.56. The lowest BCUT2D eigenvalue weighted by Gasteiger charge is -2.03. The van der Waals surface area contributed by atoms with E-state index in [1.54, 1.807) is 30.7 Å². The number of thiazole rings is 1. The average molecular weight is 411 g/mol. The number of hydrogen-bond donors (Lipinski definition) is 1. The van der Waals surface area contributed by atoms with Crippen molar-refractivity contribution in [2.45, 2.75) is 11.6 Å². The van der Waals surface area contributed by atoms with E-state index in [0.29, 0.717) is 26.8 Å². The zero-order chi connectivity index (χ0) is 17.6. The molecule has 0 spiro atoms. The molecule has 1 N–H and O–H groups in total. The van der Waals surface area contributed by atoms with Gasteiger partial charge in [0.05, 0.1) is 15.8 Å². The van der Waals surface area contributed by atoms with Crippen LogP contribution in [0.3, 0.4) is 0 Å². The third-order valence-corrected chi connectivity index (χ3v) is 5.72. The van der Waals surface area contributed by atoms with Crippen molar-refractivity contribution >= 4 is 57.3 Å². The fourth-order valence-corrected chi connectivity index (χ4v) is 3.81. The highest BCUT2D eigenvalue weighted by atomic mass is 35.5. The Labute approximate surface area is 162 Å². The van der Waals surface area contributed by atoms with Gasteiger partial charge in [0.1, 0.15) is 0 Å². The van der Waals surface area contributed by atoms with Crippen molar-refractivity contribution in [2.75, 3.05) is 11.1 Å². The van der Waals surface area contributed by atoms with Gasteiger partial charge in [0.2, 0.25) is 5.91 Å². The van der Waals surface area contributed by atoms with Crippen molar-refractivity contribution in [3.8, 4) is 0 Å². The first-order valence-electron chi connectivity index (χ1n) is 7.19. The third kappa shape index (κ3) is 5.15. The molecule has 0 bridgehead atoms. The normalized spacial score (nSPS) is 10.6. The summed E-state index contributed by atoms with van der Waals surface area (Å²) in [6.45, 7) is 0. The second-order valence-corrected chi connectivity index (χ2v) is 7.73. The fraction of sp³-hybridized carbons (Fsp3) is 0.125. The number of nitrogens with one attached hydrogen (secondary N) is 1. The van der Waals surface area contributed by atoms with Crippen LogP contribution in [-0.2, 0) is 11.2 Å². The molecule has 9 heteroatoms. The molecule has 3 aromatic rings. The lowest BCUT2D eigenvalue weighted by atomic mass is 10.1. The van der Waals surface area contributed by atoms with Crippen LogP contribution in [0.5, 0.6) is 0 Å². The first kappa shape index (κ1) is 18.1. The molecular formula is C16H12Cl2N4OS2. The molecule has 2 heterocycles. The summed E-state index contributed by atoms with van der Waals surface area (Å²) < 4.78 is 0. The molecule has 0 saturated heterocycles. The van der Waals surface area contributed by atoms with Gasteiger partial charge in [-0.15, -0.1) is 11.3 Å². The Kier molecular flexibility index (Phi) is 6.25. The van der Waals surface area contributed by atoms with E-state index in [-0.39, 0.29) is 11.7 Å². The molecule has 3 rings (SSSR count). The molecule has 1 aromatic carbocycles. The van der Waals surface area contributed by atoms with Gasteiger partial charge in [0.25, 0.3) is 0 Å². The van der Waals surface area contributed by atoms with E-state index in [1.165, 1.54) is 23.1 Å². The van der Waals surface area contributed by atoms with Crippen LogP contribution in [-0.4, -0.2) is 26.6 Å². The number of thioether (sulfide) groups is 1. The molecule has 0 atom stereocenters. The molecule has 25 heavy (non-hydrogen) atoms. The fourth-order valence-electron chi connectivity index (χ4n) is 1.97. The summed E-state index contributed by atoms with van der Waals surface area (Å²) in [7, 11) is 0. The van der Waals surface area contributed by atoms with Crippen LogP contribution < -0.4 is 5.32 Å².